The van der Waals surface area contributed by atoms with E-state index in [1.54, 1.807) is 0 Å². The Balaban J connectivity index is 2.11. The summed E-state index contributed by atoms with van der Waals surface area (Å²) in [6.45, 7) is 6.19. The molecule has 0 aliphatic rings. The maximum atomic E-state index is 13.0. The van der Waals surface area contributed by atoms with Crippen molar-refractivity contribution in [3.05, 3.63) is 70.8 Å². The molecule has 0 amide bonds. The van der Waals surface area contributed by atoms with Crippen LogP contribution in [0.2, 0.25) is 0 Å². The van der Waals surface area contributed by atoms with E-state index in [1.165, 1.54) is 12.8 Å². The first-order valence-electron chi connectivity index (χ1n) is 9.72. The topological polar surface area (TPSA) is 34.1 Å². The summed E-state index contributed by atoms with van der Waals surface area (Å²) in [6.07, 6.45) is 5.53. The number of hydrogen-bond donors (Lipinski definition) is 0. The lowest BCUT2D eigenvalue weighted by Gasteiger charge is -2.16. The summed E-state index contributed by atoms with van der Waals surface area (Å²) in [5, 5.41) is 0. The summed E-state index contributed by atoms with van der Waals surface area (Å²) < 4.78 is 0. The summed E-state index contributed by atoms with van der Waals surface area (Å²) in [5.74, 6) is -0.0729. The molecule has 0 radical (unpaired) electrons. The molecule has 0 saturated heterocycles. The van der Waals surface area contributed by atoms with Gasteiger partial charge in [-0.05, 0) is 20.3 Å². The average Bonchev–Trinajstić information content (AvgIpc) is 2.64. The molecule has 0 aliphatic carbocycles. The predicted octanol–water partition coefficient (Wildman–Crippen LogP) is 6.35. The Morgan fingerprint density at radius 1 is 0.769 bits per heavy atom. The zero-order valence-electron chi connectivity index (χ0n) is 16.3. The van der Waals surface area contributed by atoms with Gasteiger partial charge in [-0.1, -0.05) is 92.3 Å². The molecule has 0 saturated carbocycles. The smallest absolute Gasteiger partial charge is 0.166 e. The number of carbonyl (C=O) groups excluding carboxylic acids is 2. The van der Waals surface area contributed by atoms with E-state index in [2.05, 4.69) is 6.92 Å². The van der Waals surface area contributed by atoms with Crippen LogP contribution in [0.3, 0.4) is 0 Å². The highest BCUT2D eigenvalue weighted by Gasteiger charge is 2.23. The number of rotatable bonds is 10. The van der Waals surface area contributed by atoms with Crippen LogP contribution in [-0.4, -0.2) is 11.6 Å². The third-order valence-corrected chi connectivity index (χ3v) is 4.92. The second-order valence-corrected chi connectivity index (χ2v) is 7.27. The van der Waals surface area contributed by atoms with Crippen LogP contribution in [-0.2, 0) is 0 Å². The minimum atomic E-state index is -0.233. The van der Waals surface area contributed by atoms with Gasteiger partial charge in [0, 0.05) is 23.5 Å². The quantitative estimate of drug-likeness (QED) is 0.370. The van der Waals surface area contributed by atoms with Crippen molar-refractivity contribution in [1.82, 2.24) is 0 Å². The van der Waals surface area contributed by atoms with Crippen LogP contribution < -0.4 is 0 Å². The summed E-state index contributed by atoms with van der Waals surface area (Å²) in [5.41, 5.74) is 3.68. The fraction of sp³-hybridized carbons (Fsp3) is 0.417. The summed E-state index contributed by atoms with van der Waals surface area (Å²) in [7, 11) is 0. The van der Waals surface area contributed by atoms with Gasteiger partial charge in [-0.3, -0.25) is 9.59 Å². The van der Waals surface area contributed by atoms with Crippen molar-refractivity contribution in [3.63, 3.8) is 0 Å². The van der Waals surface area contributed by atoms with E-state index in [9.17, 15) is 9.59 Å². The SMILES string of the molecule is CCCCCCC(CC(=O)c1ccc(C)cc1)C(=O)c1ccc(C)cc1. The van der Waals surface area contributed by atoms with Crippen molar-refractivity contribution in [3.8, 4) is 0 Å². The number of ketones is 2. The molecule has 0 spiro atoms. The lowest BCUT2D eigenvalue weighted by atomic mass is 9.86. The van der Waals surface area contributed by atoms with Crippen molar-refractivity contribution < 1.29 is 9.59 Å². The average molecular weight is 351 g/mol. The number of benzene rings is 2. The van der Waals surface area contributed by atoms with Gasteiger partial charge in [-0.25, -0.2) is 0 Å². The summed E-state index contributed by atoms with van der Waals surface area (Å²) >= 11 is 0. The Labute approximate surface area is 157 Å². The molecule has 0 heterocycles. The molecule has 0 fully saturated rings. The zero-order valence-corrected chi connectivity index (χ0v) is 16.3. The molecule has 2 rings (SSSR count). The first kappa shape index (κ1) is 20.1. The highest BCUT2D eigenvalue weighted by molar-refractivity contribution is 6.03. The van der Waals surface area contributed by atoms with E-state index in [0.29, 0.717) is 17.5 Å². The Kier molecular flexibility index (Phi) is 7.77. The molecule has 0 bridgehead atoms. The van der Waals surface area contributed by atoms with Gasteiger partial charge in [-0.15, -0.1) is 0 Å². The van der Waals surface area contributed by atoms with E-state index in [0.717, 1.165) is 30.4 Å². The summed E-state index contributed by atoms with van der Waals surface area (Å²) in [6, 6.07) is 15.3. The second kappa shape index (κ2) is 10.1. The first-order valence-corrected chi connectivity index (χ1v) is 9.72. The maximum Gasteiger partial charge on any atom is 0.166 e. The number of unbranched alkanes of at least 4 members (excludes halogenated alkanes) is 3. The molecule has 1 atom stereocenters. The molecule has 2 aromatic rings. The highest BCUT2D eigenvalue weighted by Crippen LogP contribution is 2.22. The van der Waals surface area contributed by atoms with Gasteiger partial charge in [0.2, 0.25) is 0 Å². The second-order valence-electron chi connectivity index (χ2n) is 7.27. The molecule has 2 nitrogen and oxygen atoms in total. The van der Waals surface area contributed by atoms with Gasteiger partial charge in [0.1, 0.15) is 0 Å². The van der Waals surface area contributed by atoms with Gasteiger partial charge in [0.05, 0.1) is 0 Å². The zero-order chi connectivity index (χ0) is 18.9. The highest BCUT2D eigenvalue weighted by atomic mass is 16.1. The fourth-order valence-electron chi connectivity index (χ4n) is 3.18. The number of hydrogen-bond acceptors (Lipinski definition) is 2. The molecule has 26 heavy (non-hydrogen) atoms. The largest absolute Gasteiger partial charge is 0.294 e. The van der Waals surface area contributed by atoms with E-state index < -0.39 is 0 Å². The molecule has 138 valence electrons. The third-order valence-electron chi connectivity index (χ3n) is 4.92. The third kappa shape index (κ3) is 5.94. The molecule has 0 aliphatic heterocycles. The van der Waals surface area contributed by atoms with Crippen LogP contribution in [0.1, 0.15) is 77.3 Å². The fourth-order valence-corrected chi connectivity index (χ4v) is 3.18. The molecular weight excluding hydrogens is 320 g/mol. The number of aryl methyl sites for hydroxylation is 2. The van der Waals surface area contributed by atoms with E-state index in [4.69, 9.17) is 0 Å². The molecule has 2 aromatic carbocycles. The molecule has 2 heteroatoms. The van der Waals surface area contributed by atoms with Crippen LogP contribution in [0.5, 0.6) is 0 Å². The van der Waals surface area contributed by atoms with E-state index in [-0.39, 0.29) is 17.5 Å². The molecule has 0 N–H and O–H groups in total. The monoisotopic (exact) mass is 350 g/mol. The predicted molar refractivity (Wildman–Crippen MR) is 108 cm³/mol. The Morgan fingerprint density at radius 2 is 1.31 bits per heavy atom. The standard InChI is InChI=1S/C24H30O2/c1-4-5-6-7-8-22(24(26)21-15-11-19(3)12-16-21)17-23(25)20-13-9-18(2)10-14-20/h9-16,22H,4-8,17H2,1-3H3. The van der Waals surface area contributed by atoms with Gasteiger partial charge in [0.15, 0.2) is 11.6 Å². The van der Waals surface area contributed by atoms with Gasteiger partial charge in [-0.2, -0.15) is 0 Å². The van der Waals surface area contributed by atoms with Crippen molar-refractivity contribution in [2.24, 2.45) is 5.92 Å². The van der Waals surface area contributed by atoms with E-state index >= 15 is 0 Å². The lowest BCUT2D eigenvalue weighted by Crippen LogP contribution is -2.19. The minimum Gasteiger partial charge on any atom is -0.294 e. The van der Waals surface area contributed by atoms with Crippen LogP contribution in [0.4, 0.5) is 0 Å². The van der Waals surface area contributed by atoms with Gasteiger partial charge >= 0.3 is 0 Å². The van der Waals surface area contributed by atoms with Crippen molar-refractivity contribution in [2.45, 2.75) is 59.3 Å². The van der Waals surface area contributed by atoms with Crippen molar-refractivity contribution >= 4 is 11.6 Å². The first-order chi connectivity index (χ1) is 12.5. The minimum absolute atomic E-state index is 0.0611. The van der Waals surface area contributed by atoms with Crippen molar-refractivity contribution in [1.29, 1.82) is 0 Å². The number of Topliss-reactive ketones (excluding diaryl/α,β-unsaturated/α-hetero) is 2. The molecule has 1 unspecified atom stereocenters. The Morgan fingerprint density at radius 3 is 1.85 bits per heavy atom. The molecule has 0 aromatic heterocycles. The van der Waals surface area contributed by atoms with Crippen molar-refractivity contribution in [2.75, 3.05) is 0 Å². The molecular formula is C24H30O2. The lowest BCUT2D eigenvalue weighted by molar-refractivity contribution is 0.0843. The Hall–Kier alpha value is -2.22. The van der Waals surface area contributed by atoms with Crippen LogP contribution in [0.15, 0.2) is 48.5 Å². The van der Waals surface area contributed by atoms with E-state index in [1.807, 2.05) is 62.4 Å². The van der Waals surface area contributed by atoms with Gasteiger partial charge in [0.25, 0.3) is 0 Å². The summed E-state index contributed by atoms with van der Waals surface area (Å²) in [4.78, 5) is 25.7. The van der Waals surface area contributed by atoms with Crippen LogP contribution in [0.25, 0.3) is 0 Å². The van der Waals surface area contributed by atoms with Crippen LogP contribution in [0, 0.1) is 19.8 Å². The normalized spacial score (nSPS) is 12.0. The Bertz CT molecular complexity index is 711. The van der Waals surface area contributed by atoms with Crippen LogP contribution >= 0.6 is 0 Å². The van der Waals surface area contributed by atoms with Gasteiger partial charge < -0.3 is 0 Å². The maximum absolute atomic E-state index is 13.0. The number of carbonyl (C=O) groups is 2.